The number of hydrogen-bond acceptors (Lipinski definition) is 3. The summed E-state index contributed by atoms with van der Waals surface area (Å²) in [6.07, 6.45) is 3.38. The Hall–Kier alpha value is -0.120. The third-order valence-corrected chi connectivity index (χ3v) is 2.22. The second-order valence-electron chi connectivity index (χ2n) is 3.54. The Labute approximate surface area is 73.0 Å². The Morgan fingerprint density at radius 1 is 1.50 bits per heavy atom. The highest BCUT2D eigenvalue weighted by Crippen LogP contribution is 2.45. The van der Waals surface area contributed by atoms with Gasteiger partial charge in [-0.25, -0.2) is 0 Å². The van der Waals surface area contributed by atoms with Gasteiger partial charge in [-0.3, -0.25) is 0 Å². The summed E-state index contributed by atoms with van der Waals surface area (Å²) >= 11 is 0. The summed E-state index contributed by atoms with van der Waals surface area (Å²) in [5, 5.41) is 0. The lowest BCUT2D eigenvalue weighted by Crippen LogP contribution is -2.19. The van der Waals surface area contributed by atoms with Crippen molar-refractivity contribution in [3.63, 3.8) is 0 Å². The molecule has 3 nitrogen and oxygen atoms in total. The second kappa shape index (κ2) is 3.32. The Morgan fingerprint density at radius 2 is 2.33 bits per heavy atom. The Balaban J connectivity index is 1.63. The van der Waals surface area contributed by atoms with Gasteiger partial charge in [-0.1, -0.05) is 6.92 Å². The number of rotatable bonds is 4. The van der Waals surface area contributed by atoms with Crippen LogP contribution < -0.4 is 0 Å². The van der Waals surface area contributed by atoms with Gasteiger partial charge in [0.25, 0.3) is 0 Å². The molecule has 1 saturated heterocycles. The summed E-state index contributed by atoms with van der Waals surface area (Å²) in [5.41, 5.74) is 0. The normalized spacial score (nSPS) is 31.2. The van der Waals surface area contributed by atoms with E-state index in [1.54, 1.807) is 0 Å². The van der Waals surface area contributed by atoms with Gasteiger partial charge in [-0.05, 0) is 6.42 Å². The predicted molar refractivity (Wildman–Crippen MR) is 43.9 cm³/mol. The molecule has 1 saturated carbocycles. The van der Waals surface area contributed by atoms with E-state index in [-0.39, 0.29) is 11.9 Å². The van der Waals surface area contributed by atoms with Crippen LogP contribution in [0, 0.1) is 0 Å². The molecule has 3 heteroatoms. The molecular weight excluding hydrogens is 156 g/mol. The molecule has 0 aromatic carbocycles. The van der Waals surface area contributed by atoms with Gasteiger partial charge in [0.05, 0.1) is 13.2 Å². The molecule has 0 radical (unpaired) electrons. The first-order valence-corrected chi connectivity index (χ1v) is 4.74. The van der Waals surface area contributed by atoms with Crippen molar-refractivity contribution in [2.45, 2.75) is 38.1 Å². The average molecular weight is 172 g/mol. The second-order valence-corrected chi connectivity index (χ2v) is 3.54. The van der Waals surface area contributed by atoms with E-state index >= 15 is 0 Å². The van der Waals surface area contributed by atoms with Gasteiger partial charge in [0, 0.05) is 19.4 Å². The van der Waals surface area contributed by atoms with Crippen LogP contribution in [0.3, 0.4) is 0 Å². The standard InChI is InChI=1S/C9H16O3/c1-2-5-10-6-8-7-11-9(12-8)3-4-9/h8H,2-7H2,1H3. The van der Waals surface area contributed by atoms with Crippen LogP contribution in [0.2, 0.25) is 0 Å². The number of ether oxygens (including phenoxy) is 3. The van der Waals surface area contributed by atoms with E-state index in [1.165, 1.54) is 0 Å². The Bertz CT molecular complexity index is 154. The van der Waals surface area contributed by atoms with Crippen LogP contribution in [-0.4, -0.2) is 31.7 Å². The molecule has 2 fully saturated rings. The molecule has 1 unspecified atom stereocenters. The highest BCUT2D eigenvalue weighted by atomic mass is 16.8. The van der Waals surface area contributed by atoms with Crippen molar-refractivity contribution in [2.24, 2.45) is 0 Å². The number of hydrogen-bond donors (Lipinski definition) is 0. The topological polar surface area (TPSA) is 27.7 Å². The van der Waals surface area contributed by atoms with Crippen molar-refractivity contribution >= 4 is 0 Å². The van der Waals surface area contributed by atoms with Crippen molar-refractivity contribution in [1.29, 1.82) is 0 Å². The highest BCUT2D eigenvalue weighted by Gasteiger charge is 2.51. The molecular formula is C9H16O3. The maximum absolute atomic E-state index is 5.66. The largest absolute Gasteiger partial charge is 0.379 e. The third kappa shape index (κ3) is 1.79. The summed E-state index contributed by atoms with van der Waals surface area (Å²) in [6, 6.07) is 0. The zero-order valence-electron chi connectivity index (χ0n) is 7.54. The van der Waals surface area contributed by atoms with Crippen molar-refractivity contribution in [1.82, 2.24) is 0 Å². The van der Waals surface area contributed by atoms with Crippen LogP contribution >= 0.6 is 0 Å². The van der Waals surface area contributed by atoms with Gasteiger partial charge in [0.15, 0.2) is 5.79 Å². The molecule has 1 heterocycles. The molecule has 2 aliphatic rings. The van der Waals surface area contributed by atoms with Crippen molar-refractivity contribution in [3.05, 3.63) is 0 Å². The van der Waals surface area contributed by atoms with Gasteiger partial charge in [0.1, 0.15) is 6.10 Å². The van der Waals surface area contributed by atoms with E-state index in [2.05, 4.69) is 6.92 Å². The summed E-state index contributed by atoms with van der Waals surface area (Å²) < 4.78 is 16.5. The van der Waals surface area contributed by atoms with Gasteiger partial charge in [-0.15, -0.1) is 0 Å². The SMILES string of the molecule is CCCOCC1COC2(CC2)O1. The predicted octanol–water partition coefficient (Wildman–Crippen LogP) is 1.32. The minimum Gasteiger partial charge on any atom is -0.379 e. The monoisotopic (exact) mass is 172 g/mol. The van der Waals surface area contributed by atoms with Crippen LogP contribution in [0.1, 0.15) is 26.2 Å². The van der Waals surface area contributed by atoms with Crippen LogP contribution in [-0.2, 0) is 14.2 Å². The molecule has 2 rings (SSSR count). The van der Waals surface area contributed by atoms with Crippen LogP contribution in [0.5, 0.6) is 0 Å². The Morgan fingerprint density at radius 3 is 2.92 bits per heavy atom. The maximum Gasteiger partial charge on any atom is 0.169 e. The van der Waals surface area contributed by atoms with Gasteiger partial charge in [0.2, 0.25) is 0 Å². The molecule has 0 aromatic rings. The van der Waals surface area contributed by atoms with Crippen molar-refractivity contribution in [3.8, 4) is 0 Å². The molecule has 1 atom stereocenters. The summed E-state index contributed by atoms with van der Waals surface area (Å²) in [5.74, 6) is -0.166. The van der Waals surface area contributed by atoms with Gasteiger partial charge in [-0.2, -0.15) is 0 Å². The fraction of sp³-hybridized carbons (Fsp3) is 1.00. The molecule has 1 aliphatic heterocycles. The summed E-state index contributed by atoms with van der Waals surface area (Å²) in [7, 11) is 0. The zero-order chi connectivity index (χ0) is 8.44. The van der Waals surface area contributed by atoms with Crippen LogP contribution in [0.25, 0.3) is 0 Å². The fourth-order valence-corrected chi connectivity index (χ4v) is 1.42. The summed E-state index contributed by atoms with van der Waals surface area (Å²) in [4.78, 5) is 0. The molecule has 0 bridgehead atoms. The molecule has 0 N–H and O–H groups in total. The smallest absolute Gasteiger partial charge is 0.169 e. The first-order chi connectivity index (χ1) is 5.85. The first-order valence-electron chi connectivity index (χ1n) is 4.74. The van der Waals surface area contributed by atoms with Crippen LogP contribution in [0.15, 0.2) is 0 Å². The zero-order valence-corrected chi connectivity index (χ0v) is 7.54. The molecule has 12 heavy (non-hydrogen) atoms. The van der Waals surface area contributed by atoms with Crippen molar-refractivity contribution < 1.29 is 14.2 Å². The lowest BCUT2D eigenvalue weighted by Gasteiger charge is -2.09. The van der Waals surface area contributed by atoms with E-state index in [9.17, 15) is 0 Å². The van der Waals surface area contributed by atoms with E-state index in [4.69, 9.17) is 14.2 Å². The van der Waals surface area contributed by atoms with E-state index in [1.807, 2.05) is 0 Å². The first kappa shape index (κ1) is 8.48. The fourth-order valence-electron chi connectivity index (χ4n) is 1.42. The van der Waals surface area contributed by atoms with Crippen molar-refractivity contribution in [2.75, 3.05) is 19.8 Å². The third-order valence-electron chi connectivity index (χ3n) is 2.22. The van der Waals surface area contributed by atoms with E-state index in [0.717, 1.165) is 25.9 Å². The molecule has 1 aliphatic carbocycles. The maximum atomic E-state index is 5.66. The quantitative estimate of drug-likeness (QED) is 0.598. The van der Waals surface area contributed by atoms with Gasteiger partial charge >= 0.3 is 0 Å². The minimum absolute atomic E-state index is 0.166. The van der Waals surface area contributed by atoms with E-state index in [0.29, 0.717) is 13.2 Å². The average Bonchev–Trinajstić information content (AvgIpc) is 2.68. The highest BCUT2D eigenvalue weighted by molar-refractivity contribution is 4.91. The molecule has 1 spiro atoms. The molecule has 0 amide bonds. The lowest BCUT2D eigenvalue weighted by atomic mass is 10.4. The lowest BCUT2D eigenvalue weighted by molar-refractivity contribution is -0.0941. The molecule has 0 aromatic heterocycles. The Kier molecular flexibility index (Phi) is 2.35. The van der Waals surface area contributed by atoms with Gasteiger partial charge < -0.3 is 14.2 Å². The van der Waals surface area contributed by atoms with Crippen LogP contribution in [0.4, 0.5) is 0 Å². The summed E-state index contributed by atoms with van der Waals surface area (Å²) in [6.45, 7) is 4.33. The molecule has 70 valence electrons. The minimum atomic E-state index is -0.166. The van der Waals surface area contributed by atoms with E-state index < -0.39 is 0 Å².